The van der Waals surface area contributed by atoms with Gasteiger partial charge in [-0.2, -0.15) is 0 Å². The van der Waals surface area contributed by atoms with Crippen LogP contribution in [0.2, 0.25) is 0 Å². The van der Waals surface area contributed by atoms with Gasteiger partial charge in [-0.05, 0) is 31.9 Å². The molecule has 31 heavy (non-hydrogen) atoms. The number of nitrogens with zero attached hydrogens (tertiary/aromatic N) is 2. The van der Waals surface area contributed by atoms with Gasteiger partial charge >= 0.3 is 0 Å². The molecule has 0 amide bonds. The number of benzene rings is 2. The summed E-state index contributed by atoms with van der Waals surface area (Å²) in [6.07, 6.45) is 1.73. The summed E-state index contributed by atoms with van der Waals surface area (Å²) in [6, 6.07) is 16.7. The molecular weight excluding hydrogens is 382 g/mol. The normalized spacial score (nSPS) is 15.6. The third kappa shape index (κ3) is 4.78. The van der Waals surface area contributed by atoms with Gasteiger partial charge in [0.25, 0.3) is 0 Å². The Hall–Kier alpha value is -3.18. The molecule has 0 aromatic heterocycles. The second-order valence-electron chi connectivity index (χ2n) is 8.22. The van der Waals surface area contributed by atoms with Crippen molar-refractivity contribution in [2.45, 2.75) is 46.2 Å². The summed E-state index contributed by atoms with van der Waals surface area (Å²) in [6.45, 7) is 16.2. The molecule has 0 radical (unpaired) electrons. The quantitative estimate of drug-likeness (QED) is 0.425. The molecule has 1 heterocycles. The minimum atomic E-state index is 0.108. The van der Waals surface area contributed by atoms with E-state index < -0.39 is 0 Å². The number of rotatable bonds is 8. The molecule has 5 heteroatoms. The van der Waals surface area contributed by atoms with Gasteiger partial charge in [-0.15, -0.1) is 0 Å². The third-order valence-corrected chi connectivity index (χ3v) is 5.75. The maximum absolute atomic E-state index is 6.81. The number of nitrogens with one attached hydrogen (secondary N) is 1. The zero-order valence-electron chi connectivity index (χ0n) is 19.0. The Bertz CT molecular complexity index is 989. The van der Waals surface area contributed by atoms with Crippen molar-refractivity contribution in [3.05, 3.63) is 89.8 Å². The number of para-hydroxylation sites is 1. The molecule has 0 bridgehead atoms. The monoisotopic (exact) mass is 417 g/mol. The van der Waals surface area contributed by atoms with Crippen LogP contribution in [0.4, 0.5) is 5.69 Å². The zero-order chi connectivity index (χ0) is 22.5. The second kappa shape index (κ2) is 9.75. The highest BCUT2D eigenvalue weighted by Gasteiger charge is 2.26. The van der Waals surface area contributed by atoms with Crippen molar-refractivity contribution in [1.82, 2.24) is 10.3 Å². The van der Waals surface area contributed by atoms with Crippen LogP contribution in [0, 0.1) is 0 Å². The molecule has 0 unspecified atom stereocenters. The van der Waals surface area contributed by atoms with Crippen molar-refractivity contribution in [3.8, 4) is 0 Å². The second-order valence-corrected chi connectivity index (χ2v) is 8.22. The van der Waals surface area contributed by atoms with Crippen molar-refractivity contribution in [2.75, 3.05) is 11.4 Å². The van der Waals surface area contributed by atoms with Gasteiger partial charge in [0.1, 0.15) is 0 Å². The summed E-state index contributed by atoms with van der Waals surface area (Å²) in [5, 5.41) is 5.15. The molecule has 0 atom stereocenters. The number of nitrogens with two attached hydrogens (primary N) is 2. The lowest BCUT2D eigenvalue weighted by atomic mass is 9.95. The van der Waals surface area contributed by atoms with Crippen LogP contribution in [0.25, 0.3) is 11.4 Å². The first-order valence-electron chi connectivity index (χ1n) is 10.9. The predicted octanol–water partition coefficient (Wildman–Crippen LogP) is 4.79. The highest BCUT2D eigenvalue weighted by atomic mass is 15.4. The van der Waals surface area contributed by atoms with E-state index in [0.29, 0.717) is 12.2 Å². The van der Waals surface area contributed by atoms with E-state index in [2.05, 4.69) is 74.5 Å². The lowest BCUT2D eigenvalue weighted by molar-refractivity contribution is 0.343. The average Bonchev–Trinajstić information content (AvgIpc) is 2.77. The number of anilines is 1. The molecular formula is C26H35N5. The molecule has 1 aliphatic heterocycles. The van der Waals surface area contributed by atoms with E-state index in [4.69, 9.17) is 11.6 Å². The lowest BCUT2D eigenvalue weighted by Gasteiger charge is -2.35. The van der Waals surface area contributed by atoms with Crippen molar-refractivity contribution in [2.24, 2.45) is 11.6 Å². The minimum Gasteiger partial charge on any atom is -0.396 e. The van der Waals surface area contributed by atoms with Gasteiger partial charge in [-0.1, -0.05) is 62.5 Å². The smallest absolute Gasteiger partial charge is 0.0832 e. The van der Waals surface area contributed by atoms with Gasteiger partial charge in [0.2, 0.25) is 0 Å². The van der Waals surface area contributed by atoms with E-state index in [-0.39, 0.29) is 6.04 Å². The van der Waals surface area contributed by atoms with Crippen LogP contribution in [-0.4, -0.2) is 17.6 Å². The molecule has 5 nitrogen and oxygen atoms in total. The van der Waals surface area contributed by atoms with Gasteiger partial charge in [-0.25, -0.2) is 5.84 Å². The fourth-order valence-corrected chi connectivity index (χ4v) is 3.82. The average molecular weight is 418 g/mol. The highest BCUT2D eigenvalue weighted by molar-refractivity contribution is 5.94. The predicted molar refractivity (Wildman–Crippen MR) is 132 cm³/mol. The molecule has 0 aliphatic carbocycles. The lowest BCUT2D eigenvalue weighted by Crippen LogP contribution is -2.38. The Morgan fingerprint density at radius 1 is 1.10 bits per heavy atom. The summed E-state index contributed by atoms with van der Waals surface area (Å²) < 4.78 is 0. The van der Waals surface area contributed by atoms with Crippen molar-refractivity contribution in [3.63, 3.8) is 0 Å². The molecule has 0 spiro atoms. The van der Waals surface area contributed by atoms with Gasteiger partial charge in [0, 0.05) is 48.1 Å². The van der Waals surface area contributed by atoms with Gasteiger partial charge in [0.15, 0.2) is 0 Å². The fraction of sp³-hybridized carbons (Fsp3) is 0.308. The van der Waals surface area contributed by atoms with Gasteiger partial charge < -0.3 is 21.0 Å². The van der Waals surface area contributed by atoms with E-state index in [1.165, 1.54) is 0 Å². The number of allylic oxidation sites excluding steroid dienone is 1. The Balaban J connectivity index is 2.10. The molecule has 1 aliphatic rings. The minimum absolute atomic E-state index is 0.108. The highest BCUT2D eigenvalue weighted by Crippen LogP contribution is 2.38. The van der Waals surface area contributed by atoms with Crippen molar-refractivity contribution < 1.29 is 0 Å². The summed E-state index contributed by atoms with van der Waals surface area (Å²) in [5.74, 6) is 6.52. The Morgan fingerprint density at radius 3 is 2.42 bits per heavy atom. The van der Waals surface area contributed by atoms with Crippen LogP contribution in [-0.2, 0) is 6.54 Å². The van der Waals surface area contributed by atoms with Gasteiger partial charge in [-0.3, -0.25) is 0 Å². The maximum atomic E-state index is 6.81. The molecule has 2 aromatic carbocycles. The van der Waals surface area contributed by atoms with Crippen molar-refractivity contribution in [1.29, 1.82) is 0 Å². The number of hydrogen-bond acceptors (Lipinski definition) is 5. The third-order valence-electron chi connectivity index (χ3n) is 5.75. The van der Waals surface area contributed by atoms with E-state index >= 15 is 0 Å². The van der Waals surface area contributed by atoms with E-state index in [9.17, 15) is 0 Å². The molecule has 3 rings (SSSR count). The van der Waals surface area contributed by atoms with E-state index in [1.807, 2.05) is 18.2 Å². The number of hydrogen-bond donors (Lipinski definition) is 3. The van der Waals surface area contributed by atoms with E-state index in [1.54, 1.807) is 5.01 Å². The maximum Gasteiger partial charge on any atom is 0.0832 e. The molecule has 5 N–H and O–H groups in total. The summed E-state index contributed by atoms with van der Waals surface area (Å²) in [7, 11) is 0. The SMILES string of the molecule is C=C(CC)NCCC(=C)N1Cc2ccccc2/C(N(N)C(C)C)=C(/N)c2ccccc21. The molecule has 0 fully saturated rings. The Labute approximate surface area is 186 Å². The first-order chi connectivity index (χ1) is 14.8. The summed E-state index contributed by atoms with van der Waals surface area (Å²) in [5.41, 5.74) is 14.7. The standard InChI is InChI=1S/C26H35N5/c1-6-19(4)29-16-15-20(5)30-17-21-11-7-8-12-22(21)26(31(28)18(2)3)25(27)23-13-9-10-14-24(23)30/h7-14,18,29H,4-6,15-17,27-28H2,1-3H3/b26-25-. The number of hydrazine groups is 1. The molecule has 0 saturated heterocycles. The largest absolute Gasteiger partial charge is 0.396 e. The van der Waals surface area contributed by atoms with E-state index in [0.717, 1.165) is 58.9 Å². The molecule has 164 valence electrons. The first-order valence-corrected chi connectivity index (χ1v) is 10.9. The van der Waals surface area contributed by atoms with Crippen LogP contribution in [0.15, 0.2) is 73.1 Å². The topological polar surface area (TPSA) is 70.5 Å². The molecule has 2 aromatic rings. The summed E-state index contributed by atoms with van der Waals surface area (Å²) in [4.78, 5) is 2.27. The van der Waals surface area contributed by atoms with Crippen LogP contribution < -0.4 is 21.8 Å². The first kappa shape index (κ1) is 22.5. The fourth-order valence-electron chi connectivity index (χ4n) is 3.82. The summed E-state index contributed by atoms with van der Waals surface area (Å²) >= 11 is 0. The number of fused-ring (bicyclic) bond motifs is 2. The molecule has 0 saturated carbocycles. The van der Waals surface area contributed by atoms with Crippen LogP contribution in [0.5, 0.6) is 0 Å². The van der Waals surface area contributed by atoms with Gasteiger partial charge in [0.05, 0.1) is 17.1 Å². The Morgan fingerprint density at radius 2 is 1.74 bits per heavy atom. The Kier molecular flexibility index (Phi) is 7.08. The van der Waals surface area contributed by atoms with Crippen LogP contribution >= 0.6 is 0 Å². The van der Waals surface area contributed by atoms with Crippen LogP contribution in [0.3, 0.4) is 0 Å². The van der Waals surface area contributed by atoms with Crippen LogP contribution in [0.1, 0.15) is 50.3 Å². The zero-order valence-corrected chi connectivity index (χ0v) is 19.0. The van der Waals surface area contributed by atoms with Crippen molar-refractivity contribution >= 4 is 17.1 Å².